The molecule has 0 unspecified atom stereocenters. The molecule has 1 aliphatic carbocycles. The smallest absolute Gasteiger partial charge is 0.269 e. The second-order valence-electron chi connectivity index (χ2n) is 5.86. The van der Waals surface area contributed by atoms with Crippen molar-refractivity contribution in [2.75, 3.05) is 10.7 Å². The van der Waals surface area contributed by atoms with E-state index >= 15 is 0 Å². The number of anilines is 1. The van der Waals surface area contributed by atoms with E-state index in [1.54, 1.807) is 35.2 Å². The number of carbonyl (C=O) groups excluding carboxylic acids is 3. The summed E-state index contributed by atoms with van der Waals surface area (Å²) < 4.78 is 0.601. The van der Waals surface area contributed by atoms with Gasteiger partial charge >= 0.3 is 0 Å². The molecule has 0 aliphatic heterocycles. The molecule has 1 heterocycles. The number of nitrogens with zero attached hydrogens (tertiary/aromatic N) is 3. The van der Waals surface area contributed by atoms with Crippen molar-refractivity contribution in [3.63, 3.8) is 0 Å². The normalized spacial score (nSPS) is 13.1. The standard InChI is InChI=1S/C17H19N5O3S2/c1-2-14(24)22(12-8-9-12)16-20-21-17(27-16)26-10-13(23)18-19-15(25)11-6-4-3-5-7-11/h3-7,12H,2,8-10H2,1H3,(H,18,23)(H,19,25). The van der Waals surface area contributed by atoms with Crippen molar-refractivity contribution in [1.29, 1.82) is 0 Å². The van der Waals surface area contributed by atoms with Crippen LogP contribution in [-0.4, -0.2) is 39.7 Å². The Morgan fingerprint density at radius 2 is 1.93 bits per heavy atom. The molecule has 1 saturated carbocycles. The average Bonchev–Trinajstić information content (AvgIpc) is 3.42. The Morgan fingerprint density at radius 3 is 2.59 bits per heavy atom. The predicted molar refractivity (Wildman–Crippen MR) is 103 cm³/mol. The van der Waals surface area contributed by atoms with Gasteiger partial charge in [-0.05, 0) is 25.0 Å². The molecule has 0 bridgehead atoms. The van der Waals surface area contributed by atoms with Crippen LogP contribution in [0.2, 0.25) is 0 Å². The van der Waals surface area contributed by atoms with Gasteiger partial charge in [-0.25, -0.2) is 0 Å². The Kier molecular flexibility index (Phi) is 6.40. The first-order chi connectivity index (χ1) is 13.1. The van der Waals surface area contributed by atoms with Crippen LogP contribution in [0.15, 0.2) is 34.7 Å². The van der Waals surface area contributed by atoms with Crippen LogP contribution >= 0.6 is 23.1 Å². The SMILES string of the molecule is CCC(=O)N(c1nnc(SCC(=O)NNC(=O)c2ccccc2)s1)C1CC1. The van der Waals surface area contributed by atoms with E-state index in [1.807, 2.05) is 6.92 Å². The Balaban J connectivity index is 1.47. The van der Waals surface area contributed by atoms with E-state index in [-0.39, 0.29) is 29.5 Å². The summed E-state index contributed by atoms with van der Waals surface area (Å²) in [6, 6.07) is 8.83. The van der Waals surface area contributed by atoms with Gasteiger partial charge in [0.1, 0.15) is 0 Å². The van der Waals surface area contributed by atoms with Gasteiger partial charge in [0.15, 0.2) is 4.34 Å². The van der Waals surface area contributed by atoms with Crippen molar-refractivity contribution >= 4 is 46.0 Å². The number of rotatable bonds is 7. The molecule has 8 nitrogen and oxygen atoms in total. The van der Waals surface area contributed by atoms with Gasteiger partial charge in [0.25, 0.3) is 5.91 Å². The zero-order valence-electron chi connectivity index (χ0n) is 14.7. The van der Waals surface area contributed by atoms with Crippen LogP contribution in [0.5, 0.6) is 0 Å². The molecule has 3 rings (SSSR count). The Hall–Kier alpha value is -2.46. The third kappa shape index (κ3) is 5.27. The first-order valence-corrected chi connectivity index (χ1v) is 10.3. The van der Waals surface area contributed by atoms with Gasteiger partial charge in [-0.15, -0.1) is 10.2 Å². The van der Waals surface area contributed by atoms with E-state index in [4.69, 9.17) is 0 Å². The maximum absolute atomic E-state index is 12.1. The zero-order chi connectivity index (χ0) is 19.2. The summed E-state index contributed by atoms with van der Waals surface area (Å²) in [5.74, 6) is -0.629. The molecule has 1 fully saturated rings. The molecule has 142 valence electrons. The van der Waals surface area contributed by atoms with E-state index < -0.39 is 0 Å². The minimum Gasteiger partial charge on any atom is -0.284 e. The predicted octanol–water partition coefficient (Wildman–Crippen LogP) is 2.00. The van der Waals surface area contributed by atoms with E-state index in [0.717, 1.165) is 12.8 Å². The molecule has 1 aromatic carbocycles. The molecule has 0 saturated heterocycles. The zero-order valence-corrected chi connectivity index (χ0v) is 16.3. The topological polar surface area (TPSA) is 104 Å². The van der Waals surface area contributed by atoms with Crippen molar-refractivity contribution < 1.29 is 14.4 Å². The highest BCUT2D eigenvalue weighted by Crippen LogP contribution is 2.36. The molecule has 2 aromatic rings. The third-order valence-corrected chi connectivity index (χ3v) is 5.82. The van der Waals surface area contributed by atoms with Crippen LogP contribution in [-0.2, 0) is 9.59 Å². The highest BCUT2D eigenvalue weighted by atomic mass is 32.2. The second kappa shape index (κ2) is 8.96. The van der Waals surface area contributed by atoms with Crippen LogP contribution in [0.3, 0.4) is 0 Å². The Labute approximate surface area is 164 Å². The van der Waals surface area contributed by atoms with E-state index in [9.17, 15) is 14.4 Å². The van der Waals surface area contributed by atoms with Crippen LogP contribution in [0, 0.1) is 0 Å². The lowest BCUT2D eigenvalue weighted by Crippen LogP contribution is -2.42. The fourth-order valence-electron chi connectivity index (χ4n) is 2.28. The number of hydrazine groups is 1. The van der Waals surface area contributed by atoms with Crippen molar-refractivity contribution in [2.45, 2.75) is 36.6 Å². The number of amides is 3. The molecule has 2 N–H and O–H groups in total. The Bertz CT molecular complexity index is 823. The molecule has 3 amide bonds. The largest absolute Gasteiger partial charge is 0.284 e. The summed E-state index contributed by atoms with van der Waals surface area (Å²) in [7, 11) is 0. The van der Waals surface area contributed by atoms with Gasteiger partial charge in [-0.2, -0.15) is 0 Å². The second-order valence-corrected chi connectivity index (χ2v) is 8.03. The van der Waals surface area contributed by atoms with Crippen LogP contribution in [0.4, 0.5) is 5.13 Å². The average molecular weight is 406 g/mol. The maximum Gasteiger partial charge on any atom is 0.269 e. The van der Waals surface area contributed by atoms with Crippen molar-refractivity contribution in [2.24, 2.45) is 0 Å². The number of thioether (sulfide) groups is 1. The number of hydrogen-bond donors (Lipinski definition) is 2. The van der Waals surface area contributed by atoms with Crippen LogP contribution in [0.25, 0.3) is 0 Å². The number of hydrogen-bond acceptors (Lipinski definition) is 7. The third-order valence-electron chi connectivity index (χ3n) is 3.76. The van der Waals surface area contributed by atoms with Crippen LogP contribution in [0.1, 0.15) is 36.5 Å². The van der Waals surface area contributed by atoms with E-state index in [1.165, 1.54) is 23.1 Å². The quantitative estimate of drug-likeness (QED) is 0.415. The van der Waals surface area contributed by atoms with Crippen molar-refractivity contribution in [1.82, 2.24) is 21.0 Å². The lowest BCUT2D eigenvalue weighted by molar-refractivity contribution is -0.119. The fourth-order valence-corrected chi connectivity index (χ4v) is 4.01. The molecule has 1 aromatic heterocycles. The fraction of sp³-hybridized carbons (Fsp3) is 0.353. The van der Waals surface area contributed by atoms with Crippen molar-refractivity contribution in [3.05, 3.63) is 35.9 Å². The molecular weight excluding hydrogens is 386 g/mol. The summed E-state index contributed by atoms with van der Waals surface area (Å²) in [4.78, 5) is 37.6. The van der Waals surface area contributed by atoms with Gasteiger partial charge in [0, 0.05) is 18.0 Å². The monoisotopic (exact) mass is 405 g/mol. The highest BCUT2D eigenvalue weighted by Gasteiger charge is 2.35. The first kappa shape index (κ1) is 19.3. The van der Waals surface area contributed by atoms with Gasteiger partial charge in [-0.1, -0.05) is 48.2 Å². The summed E-state index contributed by atoms with van der Waals surface area (Å²) in [5.41, 5.74) is 5.19. The first-order valence-electron chi connectivity index (χ1n) is 8.51. The maximum atomic E-state index is 12.1. The lowest BCUT2D eigenvalue weighted by Gasteiger charge is -2.17. The number of benzene rings is 1. The van der Waals surface area contributed by atoms with Gasteiger partial charge < -0.3 is 0 Å². The molecule has 1 aliphatic rings. The van der Waals surface area contributed by atoms with Crippen LogP contribution < -0.4 is 15.8 Å². The number of carbonyl (C=O) groups is 3. The van der Waals surface area contributed by atoms with E-state index in [0.29, 0.717) is 21.5 Å². The summed E-state index contributed by atoms with van der Waals surface area (Å²) in [6.45, 7) is 1.82. The molecule has 27 heavy (non-hydrogen) atoms. The minimum absolute atomic E-state index is 0.0339. The van der Waals surface area contributed by atoms with Gasteiger partial charge in [0.05, 0.1) is 5.75 Å². The summed E-state index contributed by atoms with van der Waals surface area (Å²) in [5, 5.41) is 8.71. The summed E-state index contributed by atoms with van der Waals surface area (Å²) >= 11 is 2.50. The van der Waals surface area contributed by atoms with Gasteiger partial charge in [-0.3, -0.25) is 30.1 Å². The van der Waals surface area contributed by atoms with E-state index in [2.05, 4.69) is 21.0 Å². The molecule has 10 heteroatoms. The molecular formula is C17H19N5O3S2. The highest BCUT2D eigenvalue weighted by molar-refractivity contribution is 8.01. The summed E-state index contributed by atoms with van der Waals surface area (Å²) in [6.07, 6.45) is 2.39. The number of aromatic nitrogens is 2. The minimum atomic E-state index is -0.384. The lowest BCUT2D eigenvalue weighted by atomic mass is 10.2. The molecule has 0 radical (unpaired) electrons. The number of nitrogens with one attached hydrogen (secondary N) is 2. The Morgan fingerprint density at radius 1 is 1.19 bits per heavy atom. The van der Waals surface area contributed by atoms with Crippen molar-refractivity contribution in [3.8, 4) is 0 Å². The molecule has 0 spiro atoms. The molecule has 0 atom stereocenters. The van der Waals surface area contributed by atoms with Gasteiger partial charge in [0.2, 0.25) is 16.9 Å².